The number of likely N-dealkylation sites (tertiary alicyclic amines) is 1. The van der Waals surface area contributed by atoms with Gasteiger partial charge in [-0.1, -0.05) is 26.0 Å². The molecule has 48 heavy (non-hydrogen) atoms. The van der Waals surface area contributed by atoms with E-state index in [1.165, 1.54) is 0 Å². The van der Waals surface area contributed by atoms with E-state index in [4.69, 9.17) is 24.5 Å². The fraction of sp³-hybridized carbons (Fsp3) is 0.514. The summed E-state index contributed by atoms with van der Waals surface area (Å²) < 4.78 is 24.0. The molecule has 5 rings (SSSR count). The standard InChI is InChI=1S/C35H47N7O6/c1-4-46-35(44)33(24(2)3)31-20-32(40-48-31)47-18-8-17-45-16-7-13-41-14-11-25(12-15-41)22-42-23-26(21-37-42)28-19-29(38-39-34(28)36)27-9-5-6-10-30(27)43/h5-6,9-10,19-21,23-25,33,43H,4,7-8,11-18,22H2,1-3H3,(H2,36,39). The number of rotatable bonds is 17. The number of para-hydroxylation sites is 1. The zero-order chi connectivity index (χ0) is 33.9. The summed E-state index contributed by atoms with van der Waals surface area (Å²) in [7, 11) is 0. The highest BCUT2D eigenvalue weighted by Crippen LogP contribution is 2.32. The van der Waals surface area contributed by atoms with Gasteiger partial charge in [0.25, 0.3) is 5.88 Å². The third-order valence-electron chi connectivity index (χ3n) is 8.57. The molecule has 3 N–H and O–H groups in total. The van der Waals surface area contributed by atoms with Crippen molar-refractivity contribution >= 4 is 11.8 Å². The van der Waals surface area contributed by atoms with Crippen LogP contribution >= 0.6 is 0 Å². The van der Waals surface area contributed by atoms with Gasteiger partial charge in [0, 0.05) is 61.7 Å². The minimum absolute atomic E-state index is 0.0196. The van der Waals surface area contributed by atoms with Crippen molar-refractivity contribution in [2.24, 2.45) is 11.8 Å². The fourth-order valence-corrected chi connectivity index (χ4v) is 5.98. The summed E-state index contributed by atoms with van der Waals surface area (Å²) in [4.78, 5) is 14.8. The van der Waals surface area contributed by atoms with Crippen molar-refractivity contribution < 1.29 is 28.6 Å². The number of nitrogen functional groups attached to an aromatic ring is 1. The maximum atomic E-state index is 12.3. The first-order valence-electron chi connectivity index (χ1n) is 16.8. The largest absolute Gasteiger partial charge is 0.507 e. The molecule has 1 fully saturated rings. The zero-order valence-corrected chi connectivity index (χ0v) is 28.1. The van der Waals surface area contributed by atoms with E-state index in [9.17, 15) is 9.90 Å². The molecule has 1 saturated heterocycles. The Morgan fingerprint density at radius 3 is 2.65 bits per heavy atom. The molecule has 1 aliphatic rings. The van der Waals surface area contributed by atoms with E-state index in [2.05, 4.69) is 25.4 Å². The number of aromatic hydroxyl groups is 1. The van der Waals surface area contributed by atoms with E-state index in [1.54, 1.807) is 31.2 Å². The van der Waals surface area contributed by atoms with Crippen LogP contribution in [0.1, 0.15) is 58.1 Å². The summed E-state index contributed by atoms with van der Waals surface area (Å²) in [5.74, 6) is 1.05. The molecule has 0 spiro atoms. The van der Waals surface area contributed by atoms with Crippen LogP contribution in [0.5, 0.6) is 11.6 Å². The molecule has 0 amide bonds. The molecule has 0 radical (unpaired) electrons. The van der Waals surface area contributed by atoms with Gasteiger partial charge in [-0.3, -0.25) is 9.48 Å². The van der Waals surface area contributed by atoms with Gasteiger partial charge in [-0.15, -0.1) is 10.2 Å². The Kier molecular flexibility index (Phi) is 12.4. The number of carbonyl (C=O) groups excluding carboxylic acids is 1. The van der Waals surface area contributed by atoms with E-state index in [1.807, 2.05) is 43.1 Å². The minimum Gasteiger partial charge on any atom is -0.507 e. The molecular formula is C35H47N7O6. The second-order valence-electron chi connectivity index (χ2n) is 12.5. The topological polar surface area (TPSA) is 164 Å². The van der Waals surface area contributed by atoms with E-state index >= 15 is 0 Å². The SMILES string of the molecule is CCOC(=O)C(c1cc(OCCCOCCCN2CCC(Cn3cc(-c4cc(-c5ccccc5O)nnc4N)cn3)CC2)no1)C(C)C. The van der Waals surface area contributed by atoms with E-state index in [0.29, 0.717) is 61.1 Å². The number of phenolic OH excluding ortho intramolecular Hbond substituents is 1. The maximum Gasteiger partial charge on any atom is 0.317 e. The number of nitrogens with two attached hydrogens (primary N) is 1. The molecule has 4 aromatic rings. The molecule has 0 aliphatic carbocycles. The van der Waals surface area contributed by atoms with Gasteiger partial charge >= 0.3 is 5.97 Å². The molecule has 1 aromatic carbocycles. The molecule has 1 aliphatic heterocycles. The van der Waals surface area contributed by atoms with Crippen molar-refractivity contribution in [3.05, 3.63) is 54.6 Å². The summed E-state index contributed by atoms with van der Waals surface area (Å²) in [5, 5.41) is 27.1. The smallest absolute Gasteiger partial charge is 0.317 e. The van der Waals surface area contributed by atoms with Crippen LogP contribution in [0.4, 0.5) is 5.82 Å². The average molecular weight is 662 g/mol. The molecule has 0 bridgehead atoms. The maximum absolute atomic E-state index is 12.3. The van der Waals surface area contributed by atoms with Crippen LogP contribution in [-0.4, -0.2) is 87.2 Å². The van der Waals surface area contributed by atoms with Crippen molar-refractivity contribution in [2.45, 2.75) is 58.9 Å². The van der Waals surface area contributed by atoms with Crippen LogP contribution in [0.25, 0.3) is 22.4 Å². The lowest BCUT2D eigenvalue weighted by Gasteiger charge is -2.31. The summed E-state index contributed by atoms with van der Waals surface area (Å²) in [5.41, 5.74) is 8.96. The van der Waals surface area contributed by atoms with E-state index in [-0.39, 0.29) is 17.6 Å². The quantitative estimate of drug-likeness (QED) is 0.113. The van der Waals surface area contributed by atoms with E-state index in [0.717, 1.165) is 63.0 Å². The van der Waals surface area contributed by atoms with Crippen molar-refractivity contribution in [2.75, 3.05) is 51.8 Å². The van der Waals surface area contributed by atoms with Crippen LogP contribution in [0, 0.1) is 11.8 Å². The van der Waals surface area contributed by atoms with E-state index < -0.39 is 5.92 Å². The number of hydrogen-bond acceptors (Lipinski definition) is 12. The number of aromatic nitrogens is 5. The number of carbonyl (C=O) groups is 1. The molecule has 4 heterocycles. The van der Waals surface area contributed by atoms with Gasteiger partial charge in [-0.05, 0) is 74.5 Å². The first-order valence-corrected chi connectivity index (χ1v) is 16.8. The summed E-state index contributed by atoms with van der Waals surface area (Å²) >= 11 is 0. The second kappa shape index (κ2) is 17.1. The third kappa shape index (κ3) is 9.32. The number of hydrogen-bond donors (Lipinski definition) is 2. The van der Waals surface area contributed by atoms with Crippen molar-refractivity contribution in [3.8, 4) is 34.0 Å². The predicted molar refractivity (Wildman–Crippen MR) is 180 cm³/mol. The first-order chi connectivity index (χ1) is 23.3. The summed E-state index contributed by atoms with van der Waals surface area (Å²) in [6.07, 6.45) is 7.76. The van der Waals surface area contributed by atoms with Crippen LogP contribution < -0.4 is 10.5 Å². The highest BCUT2D eigenvalue weighted by molar-refractivity contribution is 5.78. The Morgan fingerprint density at radius 1 is 1.08 bits per heavy atom. The fourth-order valence-electron chi connectivity index (χ4n) is 5.98. The van der Waals surface area contributed by atoms with Gasteiger partial charge in [-0.25, -0.2) is 0 Å². The number of piperidine rings is 1. The zero-order valence-electron chi connectivity index (χ0n) is 28.1. The number of esters is 1. The number of nitrogens with zero attached hydrogens (tertiary/aromatic N) is 6. The summed E-state index contributed by atoms with van der Waals surface area (Å²) in [6, 6.07) is 10.6. The predicted octanol–water partition coefficient (Wildman–Crippen LogP) is 5.17. The van der Waals surface area contributed by atoms with Crippen molar-refractivity contribution in [1.82, 2.24) is 30.0 Å². The first kappa shape index (κ1) is 34.8. The lowest BCUT2D eigenvalue weighted by molar-refractivity contribution is -0.146. The normalized spacial score (nSPS) is 14.8. The Balaban J connectivity index is 0.957. The number of phenols is 1. The summed E-state index contributed by atoms with van der Waals surface area (Å²) in [6.45, 7) is 11.7. The monoisotopic (exact) mass is 661 g/mol. The molecule has 1 atom stereocenters. The lowest BCUT2D eigenvalue weighted by Crippen LogP contribution is -2.36. The van der Waals surface area contributed by atoms with Crippen molar-refractivity contribution in [1.29, 1.82) is 0 Å². The van der Waals surface area contributed by atoms with Gasteiger partial charge in [0.2, 0.25) is 0 Å². The number of benzene rings is 1. The Morgan fingerprint density at radius 2 is 1.88 bits per heavy atom. The highest BCUT2D eigenvalue weighted by Gasteiger charge is 2.30. The van der Waals surface area contributed by atoms with Crippen LogP contribution in [0.2, 0.25) is 0 Å². The molecular weight excluding hydrogens is 614 g/mol. The van der Waals surface area contributed by atoms with Gasteiger partial charge in [0.15, 0.2) is 11.6 Å². The van der Waals surface area contributed by atoms with Gasteiger partial charge < -0.3 is 34.5 Å². The highest BCUT2D eigenvalue weighted by atomic mass is 16.5. The van der Waals surface area contributed by atoms with Crippen molar-refractivity contribution in [3.63, 3.8) is 0 Å². The minimum atomic E-state index is -0.502. The molecule has 258 valence electrons. The Bertz CT molecular complexity index is 1600. The molecule has 1 unspecified atom stereocenters. The van der Waals surface area contributed by atoms with Gasteiger partial charge in [0.05, 0.1) is 25.1 Å². The second-order valence-corrected chi connectivity index (χ2v) is 12.5. The number of ether oxygens (including phenoxy) is 3. The Labute approximate surface area is 281 Å². The molecule has 13 nitrogen and oxygen atoms in total. The Hall–Kier alpha value is -4.49. The van der Waals surface area contributed by atoms with Gasteiger partial charge in [-0.2, -0.15) is 5.10 Å². The van der Waals surface area contributed by atoms with Gasteiger partial charge in [0.1, 0.15) is 11.7 Å². The molecule has 0 saturated carbocycles. The number of anilines is 1. The van der Waals surface area contributed by atoms with Crippen LogP contribution in [0.3, 0.4) is 0 Å². The average Bonchev–Trinajstić information content (AvgIpc) is 3.73. The van der Waals surface area contributed by atoms with Crippen LogP contribution in [-0.2, 0) is 20.8 Å². The lowest BCUT2D eigenvalue weighted by atomic mass is 9.93. The van der Waals surface area contributed by atoms with Crippen LogP contribution in [0.15, 0.2) is 53.3 Å². The molecule has 13 heteroatoms. The third-order valence-corrected chi connectivity index (χ3v) is 8.57. The molecule has 3 aromatic heterocycles.